The molecule has 0 aromatic carbocycles. The third-order valence-corrected chi connectivity index (χ3v) is 2.64. The van der Waals surface area contributed by atoms with Gasteiger partial charge in [-0.15, -0.1) is 0 Å². The van der Waals surface area contributed by atoms with Crippen molar-refractivity contribution in [3.05, 3.63) is 47.6 Å². The third kappa shape index (κ3) is 2.00. The molecule has 0 aromatic heterocycles. The fourth-order valence-corrected chi connectivity index (χ4v) is 1.77. The maximum atomic E-state index is 2.35. The second-order valence-corrected chi connectivity index (χ2v) is 3.87. The third-order valence-electron chi connectivity index (χ3n) is 2.64. The van der Waals surface area contributed by atoms with Gasteiger partial charge in [0.05, 0.1) is 0 Å². The minimum absolute atomic E-state index is 0.719. The molecule has 0 N–H and O–H groups in total. The van der Waals surface area contributed by atoms with Gasteiger partial charge >= 0.3 is 0 Å². The van der Waals surface area contributed by atoms with Gasteiger partial charge in [0.2, 0.25) is 0 Å². The highest BCUT2D eigenvalue weighted by molar-refractivity contribution is 5.48. The molecule has 0 amide bonds. The molecule has 0 radical (unpaired) electrons. The van der Waals surface area contributed by atoms with Crippen molar-refractivity contribution >= 4 is 0 Å². The van der Waals surface area contributed by atoms with Crippen molar-refractivity contribution in [3.8, 4) is 0 Å². The van der Waals surface area contributed by atoms with Crippen LogP contribution in [0, 0.1) is 5.92 Å². The monoisotopic (exact) mass is 172 g/mol. The van der Waals surface area contributed by atoms with E-state index >= 15 is 0 Å². The Balaban J connectivity index is 2.14. The fraction of sp³-hybridized carbons (Fsp3) is 0.385. The van der Waals surface area contributed by atoms with E-state index in [2.05, 4.69) is 43.4 Å². The lowest BCUT2D eigenvalue weighted by Gasteiger charge is -2.14. The largest absolute Gasteiger partial charge is 0.0836 e. The Morgan fingerprint density at radius 1 is 1.08 bits per heavy atom. The van der Waals surface area contributed by atoms with Gasteiger partial charge in [0, 0.05) is 0 Å². The molecule has 1 unspecified atom stereocenters. The minimum atomic E-state index is 0.719. The Morgan fingerprint density at radius 3 is 2.54 bits per heavy atom. The van der Waals surface area contributed by atoms with E-state index in [1.807, 2.05) is 0 Å². The summed E-state index contributed by atoms with van der Waals surface area (Å²) in [6.07, 6.45) is 17.4. The van der Waals surface area contributed by atoms with Crippen LogP contribution < -0.4 is 0 Å². The van der Waals surface area contributed by atoms with Crippen LogP contribution in [0.3, 0.4) is 0 Å². The van der Waals surface area contributed by atoms with E-state index in [1.54, 1.807) is 0 Å². The summed E-state index contributed by atoms with van der Waals surface area (Å²) in [6.45, 7) is 2.26. The molecule has 0 saturated heterocycles. The van der Waals surface area contributed by atoms with Gasteiger partial charge in [-0.25, -0.2) is 0 Å². The van der Waals surface area contributed by atoms with Crippen LogP contribution in [0.15, 0.2) is 47.6 Å². The average Bonchev–Trinajstić information content (AvgIpc) is 2.20. The molecule has 0 heterocycles. The first-order valence-electron chi connectivity index (χ1n) is 5.12. The lowest BCUT2D eigenvalue weighted by atomic mass is 9.92. The number of rotatable bonds is 1. The summed E-state index contributed by atoms with van der Waals surface area (Å²) in [5, 5.41) is 0. The molecule has 0 spiro atoms. The summed E-state index contributed by atoms with van der Waals surface area (Å²) < 4.78 is 0. The first kappa shape index (κ1) is 8.55. The second-order valence-electron chi connectivity index (χ2n) is 3.87. The molecule has 2 aliphatic carbocycles. The van der Waals surface area contributed by atoms with Crippen molar-refractivity contribution in [1.82, 2.24) is 0 Å². The van der Waals surface area contributed by atoms with E-state index in [9.17, 15) is 0 Å². The molecule has 0 bridgehead atoms. The van der Waals surface area contributed by atoms with Crippen LogP contribution in [0.25, 0.3) is 0 Å². The first-order chi connectivity index (χ1) is 6.36. The lowest BCUT2D eigenvalue weighted by Crippen LogP contribution is -1.97. The molecule has 0 aliphatic heterocycles. The van der Waals surface area contributed by atoms with E-state index in [4.69, 9.17) is 0 Å². The van der Waals surface area contributed by atoms with Crippen molar-refractivity contribution in [2.75, 3.05) is 0 Å². The molecule has 1 atom stereocenters. The van der Waals surface area contributed by atoms with Crippen molar-refractivity contribution in [2.24, 2.45) is 5.92 Å². The lowest BCUT2D eigenvalue weighted by molar-refractivity contribution is 0.732. The van der Waals surface area contributed by atoms with Gasteiger partial charge in [-0.2, -0.15) is 0 Å². The highest BCUT2D eigenvalue weighted by Crippen LogP contribution is 2.24. The maximum Gasteiger partial charge on any atom is -0.0224 e. The van der Waals surface area contributed by atoms with E-state index < -0.39 is 0 Å². The van der Waals surface area contributed by atoms with Crippen LogP contribution in [0.1, 0.15) is 26.2 Å². The number of hydrogen-bond donors (Lipinski definition) is 0. The summed E-state index contributed by atoms with van der Waals surface area (Å²) in [7, 11) is 0. The van der Waals surface area contributed by atoms with E-state index in [0.717, 1.165) is 5.92 Å². The van der Waals surface area contributed by atoms with Crippen LogP contribution >= 0.6 is 0 Å². The molecular formula is C13H16. The maximum absolute atomic E-state index is 2.35. The molecule has 13 heavy (non-hydrogen) atoms. The molecule has 0 saturated carbocycles. The second kappa shape index (κ2) is 3.78. The molecule has 0 aromatic rings. The Labute approximate surface area is 80.3 Å². The molecule has 0 heteroatoms. The van der Waals surface area contributed by atoms with Gasteiger partial charge in [0.15, 0.2) is 0 Å². The van der Waals surface area contributed by atoms with Crippen LogP contribution in [-0.4, -0.2) is 0 Å². The van der Waals surface area contributed by atoms with Gasteiger partial charge in [-0.3, -0.25) is 0 Å². The predicted octanol–water partition coefficient (Wildman–Crippen LogP) is 3.79. The standard InChI is InChI=1S/C13H16/c1-11-7-9-13(10-8-11)12-5-3-2-4-6-12/h3,5-7,9-11H,2,4,8H2,1H3. The van der Waals surface area contributed by atoms with E-state index in [0.29, 0.717) is 0 Å². The zero-order valence-corrected chi connectivity index (χ0v) is 8.16. The van der Waals surface area contributed by atoms with Gasteiger partial charge < -0.3 is 0 Å². The van der Waals surface area contributed by atoms with Crippen LogP contribution in [-0.2, 0) is 0 Å². The summed E-state index contributed by atoms with van der Waals surface area (Å²) >= 11 is 0. The molecule has 68 valence electrons. The first-order valence-corrected chi connectivity index (χ1v) is 5.12. The van der Waals surface area contributed by atoms with Gasteiger partial charge in [0.1, 0.15) is 0 Å². The average molecular weight is 172 g/mol. The van der Waals surface area contributed by atoms with Crippen LogP contribution in [0.4, 0.5) is 0 Å². The zero-order chi connectivity index (χ0) is 9.10. The fourth-order valence-electron chi connectivity index (χ4n) is 1.77. The molecular weight excluding hydrogens is 156 g/mol. The van der Waals surface area contributed by atoms with E-state index in [1.165, 1.54) is 30.4 Å². The summed E-state index contributed by atoms with van der Waals surface area (Å²) in [5.74, 6) is 0.719. The Bertz CT molecular complexity index is 300. The van der Waals surface area contributed by atoms with Gasteiger partial charge in [0.25, 0.3) is 0 Å². The topological polar surface area (TPSA) is 0 Å². The smallest absolute Gasteiger partial charge is 0.0224 e. The van der Waals surface area contributed by atoms with Crippen molar-refractivity contribution in [2.45, 2.75) is 26.2 Å². The molecule has 2 rings (SSSR count). The molecule has 0 nitrogen and oxygen atoms in total. The minimum Gasteiger partial charge on any atom is -0.0836 e. The van der Waals surface area contributed by atoms with Crippen molar-refractivity contribution in [3.63, 3.8) is 0 Å². The summed E-state index contributed by atoms with van der Waals surface area (Å²) in [5.41, 5.74) is 2.82. The SMILES string of the molecule is CC1C=CC(C2=CCCC=C2)=CC1. The van der Waals surface area contributed by atoms with Gasteiger partial charge in [-0.1, -0.05) is 43.4 Å². The zero-order valence-electron chi connectivity index (χ0n) is 8.16. The van der Waals surface area contributed by atoms with Crippen molar-refractivity contribution in [1.29, 1.82) is 0 Å². The quantitative estimate of drug-likeness (QED) is 0.564. The molecule has 0 fully saturated rings. The van der Waals surface area contributed by atoms with Crippen molar-refractivity contribution < 1.29 is 0 Å². The molecule has 2 aliphatic rings. The Morgan fingerprint density at radius 2 is 1.92 bits per heavy atom. The Kier molecular flexibility index (Phi) is 2.49. The summed E-state index contributed by atoms with van der Waals surface area (Å²) in [6, 6.07) is 0. The summed E-state index contributed by atoms with van der Waals surface area (Å²) in [4.78, 5) is 0. The predicted molar refractivity (Wildman–Crippen MR) is 57.5 cm³/mol. The highest BCUT2D eigenvalue weighted by atomic mass is 14.1. The van der Waals surface area contributed by atoms with Gasteiger partial charge in [-0.05, 0) is 36.3 Å². The van der Waals surface area contributed by atoms with Crippen LogP contribution in [0.5, 0.6) is 0 Å². The van der Waals surface area contributed by atoms with E-state index in [-0.39, 0.29) is 0 Å². The number of allylic oxidation sites excluding steroid dienone is 8. The number of hydrogen-bond acceptors (Lipinski definition) is 0. The Hall–Kier alpha value is -1.04. The van der Waals surface area contributed by atoms with Crippen LogP contribution in [0.2, 0.25) is 0 Å². The highest BCUT2D eigenvalue weighted by Gasteiger charge is 2.06. The normalized spacial score (nSPS) is 27.0.